The molecule has 0 aliphatic rings. The molecule has 0 aliphatic carbocycles. The molecular formula is C11H14Br2N2O3S. The van der Waals surface area contributed by atoms with E-state index in [-0.39, 0.29) is 24.6 Å². The number of anilines is 1. The molecule has 0 fully saturated rings. The smallest absolute Gasteiger partial charge is 0.245 e. The Bertz CT molecular complexity index is 552. The summed E-state index contributed by atoms with van der Waals surface area (Å²) in [6.07, 6.45) is 1.46. The van der Waals surface area contributed by atoms with Crippen LogP contribution in [0.2, 0.25) is 0 Å². The van der Waals surface area contributed by atoms with Crippen molar-refractivity contribution in [3.05, 3.63) is 33.7 Å². The third-order valence-electron chi connectivity index (χ3n) is 2.30. The van der Waals surface area contributed by atoms with Gasteiger partial charge in [0.15, 0.2) is 0 Å². The molecule has 0 amide bonds. The summed E-state index contributed by atoms with van der Waals surface area (Å²) in [5.74, 6) is 0. The monoisotopic (exact) mass is 412 g/mol. The number of nitrogens with two attached hydrogens (primary N) is 1. The van der Waals surface area contributed by atoms with E-state index in [9.17, 15) is 8.42 Å². The predicted octanol–water partition coefficient (Wildman–Crippen LogP) is 1.96. The fraction of sp³-hybridized carbons (Fsp3) is 0.273. The average molecular weight is 414 g/mol. The number of benzene rings is 1. The van der Waals surface area contributed by atoms with Gasteiger partial charge in [-0.2, -0.15) is 4.31 Å². The number of nitrogen functional groups attached to an aromatic ring is 1. The lowest BCUT2D eigenvalue weighted by atomic mass is 10.3. The van der Waals surface area contributed by atoms with Crippen molar-refractivity contribution in [3.63, 3.8) is 0 Å². The lowest BCUT2D eigenvalue weighted by Crippen LogP contribution is -2.34. The zero-order valence-electron chi connectivity index (χ0n) is 10.0. The molecule has 8 heteroatoms. The molecule has 0 spiro atoms. The van der Waals surface area contributed by atoms with Crippen LogP contribution in [-0.4, -0.2) is 37.5 Å². The molecule has 0 bridgehead atoms. The molecule has 19 heavy (non-hydrogen) atoms. The Morgan fingerprint density at radius 1 is 1.37 bits per heavy atom. The number of hydrogen-bond acceptors (Lipinski definition) is 4. The molecule has 1 aromatic rings. The highest BCUT2D eigenvalue weighted by Gasteiger charge is 2.28. The number of aliphatic hydroxyl groups is 1. The molecule has 3 N–H and O–H groups in total. The second-order valence-electron chi connectivity index (χ2n) is 3.69. The Kier molecular flexibility index (Phi) is 6.00. The molecule has 0 aliphatic heterocycles. The second kappa shape index (κ2) is 6.85. The van der Waals surface area contributed by atoms with Crippen molar-refractivity contribution >= 4 is 47.6 Å². The van der Waals surface area contributed by atoms with E-state index in [1.807, 2.05) is 0 Å². The molecule has 1 rings (SSSR count). The van der Waals surface area contributed by atoms with Gasteiger partial charge in [-0.05, 0) is 44.0 Å². The SMILES string of the molecule is C=CCN(CCO)S(=O)(=O)c1c(Br)cc(N)cc1Br. The summed E-state index contributed by atoms with van der Waals surface area (Å²) in [7, 11) is -3.75. The van der Waals surface area contributed by atoms with Crippen LogP contribution in [0.1, 0.15) is 0 Å². The Hall–Kier alpha value is -0.410. The van der Waals surface area contributed by atoms with E-state index >= 15 is 0 Å². The van der Waals surface area contributed by atoms with Gasteiger partial charge in [-0.3, -0.25) is 0 Å². The number of halogens is 2. The van der Waals surface area contributed by atoms with Crippen molar-refractivity contribution in [2.45, 2.75) is 4.90 Å². The number of hydrogen-bond donors (Lipinski definition) is 2. The first-order valence-corrected chi connectivity index (χ1v) is 8.33. The van der Waals surface area contributed by atoms with Gasteiger partial charge in [-0.15, -0.1) is 6.58 Å². The van der Waals surface area contributed by atoms with Gasteiger partial charge in [0, 0.05) is 27.7 Å². The highest BCUT2D eigenvalue weighted by atomic mass is 79.9. The second-order valence-corrected chi connectivity index (χ2v) is 7.27. The van der Waals surface area contributed by atoms with Crippen molar-refractivity contribution in [2.24, 2.45) is 0 Å². The van der Waals surface area contributed by atoms with Gasteiger partial charge < -0.3 is 10.8 Å². The third kappa shape index (κ3) is 3.79. The van der Waals surface area contributed by atoms with Gasteiger partial charge in [0.05, 0.1) is 6.61 Å². The lowest BCUT2D eigenvalue weighted by Gasteiger charge is -2.21. The summed E-state index contributed by atoms with van der Waals surface area (Å²) < 4.78 is 26.9. The molecule has 0 unspecified atom stereocenters. The minimum atomic E-state index is -3.75. The maximum absolute atomic E-state index is 12.5. The number of nitrogens with zero attached hydrogens (tertiary/aromatic N) is 1. The zero-order valence-corrected chi connectivity index (χ0v) is 14.0. The van der Waals surface area contributed by atoms with Crippen LogP contribution in [0.15, 0.2) is 38.6 Å². The van der Waals surface area contributed by atoms with E-state index in [4.69, 9.17) is 10.8 Å². The fourth-order valence-electron chi connectivity index (χ4n) is 1.52. The minimum Gasteiger partial charge on any atom is -0.399 e. The first-order chi connectivity index (χ1) is 8.84. The Labute approximate surface area is 129 Å². The highest BCUT2D eigenvalue weighted by molar-refractivity contribution is 9.11. The topological polar surface area (TPSA) is 83.6 Å². The number of aliphatic hydroxyl groups excluding tert-OH is 1. The van der Waals surface area contributed by atoms with Gasteiger partial charge in [-0.1, -0.05) is 6.08 Å². The van der Waals surface area contributed by atoms with E-state index in [2.05, 4.69) is 38.4 Å². The van der Waals surface area contributed by atoms with Crippen molar-refractivity contribution in [3.8, 4) is 0 Å². The maximum atomic E-state index is 12.5. The summed E-state index contributed by atoms with van der Waals surface area (Å²) >= 11 is 6.40. The summed E-state index contributed by atoms with van der Waals surface area (Å²) in [6, 6.07) is 3.03. The van der Waals surface area contributed by atoms with Crippen LogP contribution in [0.4, 0.5) is 5.69 Å². The van der Waals surface area contributed by atoms with Crippen molar-refractivity contribution in [2.75, 3.05) is 25.4 Å². The lowest BCUT2D eigenvalue weighted by molar-refractivity contribution is 0.260. The van der Waals surface area contributed by atoms with Crippen LogP contribution in [0, 0.1) is 0 Å². The Morgan fingerprint density at radius 2 is 1.89 bits per heavy atom. The Morgan fingerprint density at radius 3 is 2.32 bits per heavy atom. The normalized spacial score (nSPS) is 11.8. The average Bonchev–Trinajstić information content (AvgIpc) is 2.26. The third-order valence-corrected chi connectivity index (χ3v) is 6.04. The number of sulfonamides is 1. The van der Waals surface area contributed by atoms with E-state index in [1.165, 1.54) is 18.2 Å². The molecule has 0 heterocycles. The van der Waals surface area contributed by atoms with Crippen molar-refractivity contribution in [1.29, 1.82) is 0 Å². The van der Waals surface area contributed by atoms with E-state index in [0.29, 0.717) is 14.6 Å². The Balaban J connectivity index is 3.37. The predicted molar refractivity (Wildman–Crippen MR) is 82.3 cm³/mol. The standard InChI is InChI=1S/C11H14Br2N2O3S/c1-2-3-15(4-5-16)19(17,18)11-9(12)6-8(14)7-10(11)13/h2,6-7,16H,1,3-5,14H2. The molecule has 0 aromatic heterocycles. The zero-order chi connectivity index (χ0) is 14.6. The van der Waals surface area contributed by atoms with Crippen LogP contribution in [0.3, 0.4) is 0 Å². The van der Waals surface area contributed by atoms with Crippen molar-refractivity contribution < 1.29 is 13.5 Å². The largest absolute Gasteiger partial charge is 0.399 e. The van der Waals surface area contributed by atoms with Crippen LogP contribution in [0.5, 0.6) is 0 Å². The first-order valence-electron chi connectivity index (χ1n) is 5.31. The summed E-state index contributed by atoms with van der Waals surface area (Å²) in [6.45, 7) is 3.37. The summed E-state index contributed by atoms with van der Waals surface area (Å²) in [5.41, 5.74) is 6.08. The first kappa shape index (κ1) is 16.6. The minimum absolute atomic E-state index is 0.00237. The highest BCUT2D eigenvalue weighted by Crippen LogP contribution is 2.34. The van der Waals surface area contributed by atoms with Crippen LogP contribution >= 0.6 is 31.9 Å². The quantitative estimate of drug-likeness (QED) is 0.551. The number of rotatable bonds is 6. The molecule has 0 saturated carbocycles. The molecule has 5 nitrogen and oxygen atoms in total. The van der Waals surface area contributed by atoms with E-state index in [1.54, 1.807) is 0 Å². The molecule has 0 radical (unpaired) electrons. The van der Waals surface area contributed by atoms with Crippen LogP contribution in [0.25, 0.3) is 0 Å². The van der Waals surface area contributed by atoms with Gasteiger partial charge in [0.2, 0.25) is 10.0 Å². The van der Waals surface area contributed by atoms with Gasteiger partial charge in [0.25, 0.3) is 0 Å². The van der Waals surface area contributed by atoms with E-state index in [0.717, 1.165) is 4.31 Å². The summed E-state index contributed by atoms with van der Waals surface area (Å²) in [4.78, 5) is 0.0806. The molecular weight excluding hydrogens is 400 g/mol. The maximum Gasteiger partial charge on any atom is 0.245 e. The fourth-order valence-corrected chi connectivity index (χ4v) is 5.46. The molecule has 1 aromatic carbocycles. The molecule has 106 valence electrons. The van der Waals surface area contributed by atoms with Gasteiger partial charge in [-0.25, -0.2) is 8.42 Å². The molecule has 0 atom stereocenters. The van der Waals surface area contributed by atoms with Gasteiger partial charge >= 0.3 is 0 Å². The summed E-state index contributed by atoms with van der Waals surface area (Å²) in [5, 5.41) is 8.97. The van der Waals surface area contributed by atoms with Crippen molar-refractivity contribution in [1.82, 2.24) is 4.31 Å². The molecule has 0 saturated heterocycles. The van der Waals surface area contributed by atoms with E-state index < -0.39 is 10.0 Å². The van der Waals surface area contributed by atoms with Crippen LogP contribution < -0.4 is 5.73 Å². The van der Waals surface area contributed by atoms with Gasteiger partial charge in [0.1, 0.15) is 4.90 Å². The van der Waals surface area contributed by atoms with Crippen LogP contribution in [-0.2, 0) is 10.0 Å².